The fourth-order valence-electron chi connectivity index (χ4n) is 4.46. The molecule has 0 aromatic heterocycles. The van der Waals surface area contributed by atoms with Crippen molar-refractivity contribution in [2.24, 2.45) is 22.7 Å². The van der Waals surface area contributed by atoms with Gasteiger partial charge >= 0.3 is 0 Å². The number of carbonyl (C=O) groups is 1. The average Bonchev–Trinajstić information content (AvgIpc) is 2.57. The summed E-state index contributed by atoms with van der Waals surface area (Å²) in [6.07, 6.45) is 6.91. The van der Waals surface area contributed by atoms with Gasteiger partial charge in [0.15, 0.2) is 0 Å². The average molecular weight is 222 g/mol. The summed E-state index contributed by atoms with van der Waals surface area (Å²) < 4.78 is 0. The summed E-state index contributed by atoms with van der Waals surface area (Å²) in [6, 6.07) is 0. The Kier molecular flexibility index (Phi) is 2.92. The van der Waals surface area contributed by atoms with Crippen LogP contribution in [0, 0.1) is 22.7 Å². The number of ketones is 1. The van der Waals surface area contributed by atoms with Crippen LogP contribution in [0.25, 0.3) is 0 Å². The largest absolute Gasteiger partial charge is 0.299 e. The Morgan fingerprint density at radius 3 is 2.69 bits per heavy atom. The van der Waals surface area contributed by atoms with E-state index in [1.54, 1.807) is 0 Å². The SMILES string of the molecule is CCC(C)(C)C1CCC2C(=O)CCC[C@@]21C. The Bertz CT molecular complexity index is 292. The molecule has 2 rings (SSSR count). The molecule has 0 aromatic rings. The van der Waals surface area contributed by atoms with E-state index in [0.29, 0.717) is 22.5 Å². The summed E-state index contributed by atoms with van der Waals surface area (Å²) in [5, 5.41) is 0. The summed E-state index contributed by atoms with van der Waals surface area (Å²) in [6.45, 7) is 9.47. The van der Waals surface area contributed by atoms with Crippen molar-refractivity contribution in [1.29, 1.82) is 0 Å². The minimum absolute atomic E-state index is 0.314. The molecule has 92 valence electrons. The van der Waals surface area contributed by atoms with Crippen molar-refractivity contribution in [3.05, 3.63) is 0 Å². The van der Waals surface area contributed by atoms with Crippen LogP contribution in [0.3, 0.4) is 0 Å². The van der Waals surface area contributed by atoms with Gasteiger partial charge in [-0.15, -0.1) is 0 Å². The first-order chi connectivity index (χ1) is 7.42. The number of fused-ring (bicyclic) bond motifs is 1. The first kappa shape index (κ1) is 12.1. The Hall–Kier alpha value is -0.330. The van der Waals surface area contributed by atoms with Gasteiger partial charge in [0.25, 0.3) is 0 Å². The Labute approximate surface area is 100.0 Å². The molecule has 2 aliphatic carbocycles. The lowest BCUT2D eigenvalue weighted by atomic mass is 9.58. The van der Waals surface area contributed by atoms with Crippen molar-refractivity contribution >= 4 is 5.78 Å². The minimum atomic E-state index is 0.314. The van der Waals surface area contributed by atoms with E-state index >= 15 is 0 Å². The third kappa shape index (κ3) is 1.63. The van der Waals surface area contributed by atoms with E-state index in [2.05, 4.69) is 27.7 Å². The molecule has 0 N–H and O–H groups in total. The first-order valence-corrected chi connectivity index (χ1v) is 6.94. The maximum absolute atomic E-state index is 12.0. The monoisotopic (exact) mass is 222 g/mol. The highest BCUT2D eigenvalue weighted by Crippen LogP contribution is 2.60. The third-order valence-electron chi connectivity index (χ3n) is 5.72. The van der Waals surface area contributed by atoms with Crippen molar-refractivity contribution in [2.45, 2.75) is 66.2 Å². The molecule has 0 radical (unpaired) electrons. The maximum Gasteiger partial charge on any atom is 0.136 e. The van der Waals surface area contributed by atoms with Crippen LogP contribution in [-0.4, -0.2) is 5.78 Å². The molecule has 3 atom stereocenters. The number of rotatable bonds is 2. The van der Waals surface area contributed by atoms with Crippen LogP contribution >= 0.6 is 0 Å². The molecular weight excluding hydrogens is 196 g/mol. The van der Waals surface area contributed by atoms with Crippen LogP contribution in [0.4, 0.5) is 0 Å². The molecule has 1 nitrogen and oxygen atoms in total. The zero-order chi connectivity index (χ0) is 12.0. The summed E-state index contributed by atoms with van der Waals surface area (Å²) in [5.74, 6) is 1.69. The molecule has 0 saturated heterocycles. The second kappa shape index (κ2) is 3.85. The van der Waals surface area contributed by atoms with Crippen LogP contribution in [0.15, 0.2) is 0 Å². The quantitative estimate of drug-likeness (QED) is 0.684. The minimum Gasteiger partial charge on any atom is -0.299 e. The standard InChI is InChI=1S/C15H26O/c1-5-14(2,3)13-9-8-11-12(16)7-6-10-15(11,13)4/h11,13H,5-10H2,1-4H3/t11?,13?,15-/m0/s1. The number of Topliss-reactive ketones (excluding diaryl/α,β-unsaturated/α-hetero) is 1. The van der Waals surface area contributed by atoms with Gasteiger partial charge in [0.2, 0.25) is 0 Å². The molecule has 0 aromatic carbocycles. The second-order valence-electron chi connectivity index (χ2n) is 6.85. The van der Waals surface area contributed by atoms with Crippen LogP contribution in [0.1, 0.15) is 66.2 Å². The second-order valence-corrected chi connectivity index (χ2v) is 6.85. The lowest BCUT2D eigenvalue weighted by Gasteiger charge is -2.46. The van der Waals surface area contributed by atoms with Gasteiger partial charge in [-0.1, -0.05) is 34.1 Å². The molecule has 0 aliphatic heterocycles. The third-order valence-corrected chi connectivity index (χ3v) is 5.72. The molecule has 2 unspecified atom stereocenters. The van der Waals surface area contributed by atoms with E-state index in [0.717, 1.165) is 25.2 Å². The molecule has 0 amide bonds. The van der Waals surface area contributed by atoms with Crippen LogP contribution in [-0.2, 0) is 4.79 Å². The van der Waals surface area contributed by atoms with Crippen LogP contribution in [0.2, 0.25) is 0 Å². The van der Waals surface area contributed by atoms with Crippen molar-refractivity contribution in [2.75, 3.05) is 0 Å². The lowest BCUT2D eigenvalue weighted by Crippen LogP contribution is -2.42. The summed E-state index contributed by atoms with van der Waals surface area (Å²) >= 11 is 0. The highest BCUT2D eigenvalue weighted by molar-refractivity contribution is 5.83. The number of carbonyl (C=O) groups excluding carboxylic acids is 1. The van der Waals surface area contributed by atoms with Crippen molar-refractivity contribution < 1.29 is 4.79 Å². The topological polar surface area (TPSA) is 17.1 Å². The zero-order valence-corrected chi connectivity index (χ0v) is 11.3. The Morgan fingerprint density at radius 1 is 1.38 bits per heavy atom. The van der Waals surface area contributed by atoms with E-state index in [-0.39, 0.29) is 0 Å². The van der Waals surface area contributed by atoms with E-state index in [1.807, 2.05) is 0 Å². The van der Waals surface area contributed by atoms with E-state index < -0.39 is 0 Å². The van der Waals surface area contributed by atoms with E-state index in [1.165, 1.54) is 19.3 Å². The van der Waals surface area contributed by atoms with Gasteiger partial charge in [-0.25, -0.2) is 0 Å². The van der Waals surface area contributed by atoms with Gasteiger partial charge < -0.3 is 0 Å². The summed E-state index contributed by atoms with van der Waals surface area (Å²) in [7, 11) is 0. The Morgan fingerprint density at radius 2 is 2.06 bits per heavy atom. The maximum atomic E-state index is 12.0. The molecular formula is C15H26O. The molecule has 1 heteroatoms. The molecule has 16 heavy (non-hydrogen) atoms. The van der Waals surface area contributed by atoms with Gasteiger partial charge in [-0.2, -0.15) is 0 Å². The highest BCUT2D eigenvalue weighted by Gasteiger charge is 2.54. The molecule has 2 fully saturated rings. The van der Waals surface area contributed by atoms with Gasteiger partial charge in [0.1, 0.15) is 5.78 Å². The van der Waals surface area contributed by atoms with Crippen LogP contribution in [0.5, 0.6) is 0 Å². The van der Waals surface area contributed by atoms with Gasteiger partial charge in [-0.3, -0.25) is 4.79 Å². The number of hydrogen-bond acceptors (Lipinski definition) is 1. The van der Waals surface area contributed by atoms with Crippen LogP contribution < -0.4 is 0 Å². The molecule has 0 bridgehead atoms. The van der Waals surface area contributed by atoms with Crippen molar-refractivity contribution in [1.82, 2.24) is 0 Å². The smallest absolute Gasteiger partial charge is 0.136 e. The highest BCUT2D eigenvalue weighted by atomic mass is 16.1. The fourth-order valence-corrected chi connectivity index (χ4v) is 4.46. The predicted octanol–water partition coefficient (Wildman–Crippen LogP) is 4.21. The van der Waals surface area contributed by atoms with E-state index in [9.17, 15) is 4.79 Å². The van der Waals surface area contributed by atoms with Gasteiger partial charge in [0, 0.05) is 12.3 Å². The zero-order valence-electron chi connectivity index (χ0n) is 11.3. The predicted molar refractivity (Wildman–Crippen MR) is 67.3 cm³/mol. The first-order valence-electron chi connectivity index (χ1n) is 6.94. The van der Waals surface area contributed by atoms with E-state index in [4.69, 9.17) is 0 Å². The summed E-state index contributed by atoms with van der Waals surface area (Å²) in [4.78, 5) is 12.0. The van der Waals surface area contributed by atoms with Crippen molar-refractivity contribution in [3.8, 4) is 0 Å². The summed E-state index contributed by atoms with van der Waals surface area (Å²) in [5.41, 5.74) is 0.718. The molecule has 0 spiro atoms. The van der Waals surface area contributed by atoms with Crippen molar-refractivity contribution in [3.63, 3.8) is 0 Å². The normalized spacial score (nSPS) is 39.9. The molecule has 2 aliphatic rings. The van der Waals surface area contributed by atoms with Gasteiger partial charge in [0.05, 0.1) is 0 Å². The molecule has 2 saturated carbocycles. The fraction of sp³-hybridized carbons (Fsp3) is 0.933. The molecule has 0 heterocycles. The Balaban J connectivity index is 2.28. The number of hydrogen-bond donors (Lipinski definition) is 0. The van der Waals surface area contributed by atoms with Gasteiger partial charge in [-0.05, 0) is 42.4 Å². The lowest BCUT2D eigenvalue weighted by molar-refractivity contribution is -0.130.